The molecule has 0 radical (unpaired) electrons. The maximum absolute atomic E-state index is 12.5. The Morgan fingerprint density at radius 2 is 1.88 bits per heavy atom. The number of benzene rings is 2. The molecule has 2 aromatic rings. The molecule has 1 aliphatic heterocycles. The van der Waals surface area contributed by atoms with Crippen LogP contribution in [-0.4, -0.2) is 24.8 Å². The number of hydrogen-bond acceptors (Lipinski definition) is 4. The molecule has 6 heteroatoms. The lowest BCUT2D eigenvalue weighted by Gasteiger charge is -2.26. The van der Waals surface area contributed by atoms with Crippen molar-refractivity contribution in [1.29, 1.82) is 0 Å². The summed E-state index contributed by atoms with van der Waals surface area (Å²) in [6.45, 7) is 1.29. The standard InChI is InChI=1S/C19H18N2O4/c1-12(22)25-17-6-4-3-5-15(17)19(24)20-14-8-9-16-13(11-14)7-10-18(23)21(16)2/h3-6,8-9,11H,7,10H2,1-2H3,(H,20,24). The topological polar surface area (TPSA) is 75.7 Å². The van der Waals surface area contributed by atoms with Gasteiger partial charge in [0.05, 0.1) is 5.56 Å². The van der Waals surface area contributed by atoms with E-state index in [0.29, 0.717) is 18.5 Å². The van der Waals surface area contributed by atoms with Crippen LogP contribution in [0.1, 0.15) is 29.3 Å². The van der Waals surface area contributed by atoms with Gasteiger partial charge in [-0.3, -0.25) is 14.4 Å². The van der Waals surface area contributed by atoms with E-state index in [1.165, 1.54) is 6.92 Å². The highest BCUT2D eigenvalue weighted by Gasteiger charge is 2.21. The Morgan fingerprint density at radius 3 is 2.64 bits per heavy atom. The van der Waals surface area contributed by atoms with Crippen molar-refractivity contribution in [2.75, 3.05) is 17.3 Å². The van der Waals surface area contributed by atoms with Gasteiger partial charge in [0, 0.05) is 31.8 Å². The van der Waals surface area contributed by atoms with Gasteiger partial charge in [-0.1, -0.05) is 12.1 Å². The maximum atomic E-state index is 12.5. The second kappa shape index (κ2) is 6.76. The second-order valence-electron chi connectivity index (χ2n) is 5.84. The van der Waals surface area contributed by atoms with Crippen LogP contribution >= 0.6 is 0 Å². The van der Waals surface area contributed by atoms with E-state index in [2.05, 4.69) is 5.32 Å². The molecule has 0 spiro atoms. The summed E-state index contributed by atoms with van der Waals surface area (Å²) in [7, 11) is 1.74. The van der Waals surface area contributed by atoms with Gasteiger partial charge in [0.25, 0.3) is 5.91 Å². The third-order valence-corrected chi connectivity index (χ3v) is 4.07. The highest BCUT2D eigenvalue weighted by molar-refractivity contribution is 6.07. The van der Waals surface area contributed by atoms with E-state index in [4.69, 9.17) is 4.74 Å². The molecule has 0 bridgehead atoms. The Kier molecular flexibility index (Phi) is 4.52. The van der Waals surface area contributed by atoms with Gasteiger partial charge in [-0.25, -0.2) is 0 Å². The average Bonchev–Trinajstić information content (AvgIpc) is 2.58. The van der Waals surface area contributed by atoms with E-state index in [9.17, 15) is 14.4 Å². The summed E-state index contributed by atoms with van der Waals surface area (Å²) in [6, 6.07) is 12.0. The van der Waals surface area contributed by atoms with E-state index in [-0.39, 0.29) is 23.1 Å². The Balaban J connectivity index is 1.83. The van der Waals surface area contributed by atoms with Crippen molar-refractivity contribution in [3.05, 3.63) is 53.6 Å². The summed E-state index contributed by atoms with van der Waals surface area (Å²) in [5, 5.41) is 2.81. The number of carbonyl (C=O) groups is 3. The molecule has 0 saturated carbocycles. The fraction of sp³-hybridized carbons (Fsp3) is 0.211. The maximum Gasteiger partial charge on any atom is 0.308 e. The smallest absolute Gasteiger partial charge is 0.308 e. The molecule has 1 aliphatic rings. The molecule has 0 atom stereocenters. The lowest BCUT2D eigenvalue weighted by atomic mass is 10.0. The van der Waals surface area contributed by atoms with Gasteiger partial charge in [0.15, 0.2) is 0 Å². The predicted octanol–water partition coefficient (Wildman–Crippen LogP) is 2.77. The first-order valence-corrected chi connectivity index (χ1v) is 7.94. The molecule has 2 aromatic carbocycles. The Bertz CT molecular complexity index is 860. The molecule has 1 heterocycles. The molecule has 0 aromatic heterocycles. The molecular formula is C19H18N2O4. The van der Waals surface area contributed by atoms with Gasteiger partial charge in [-0.15, -0.1) is 0 Å². The number of nitrogens with zero attached hydrogens (tertiary/aromatic N) is 1. The molecule has 2 amide bonds. The zero-order valence-electron chi connectivity index (χ0n) is 14.0. The molecule has 0 aliphatic carbocycles. The van der Waals surface area contributed by atoms with Crippen LogP contribution in [0.3, 0.4) is 0 Å². The van der Waals surface area contributed by atoms with Crippen LogP contribution in [0.4, 0.5) is 11.4 Å². The lowest BCUT2D eigenvalue weighted by molar-refractivity contribution is -0.131. The van der Waals surface area contributed by atoms with Gasteiger partial charge in [0.2, 0.25) is 5.91 Å². The molecule has 25 heavy (non-hydrogen) atoms. The van der Waals surface area contributed by atoms with E-state index in [1.807, 2.05) is 12.1 Å². The highest BCUT2D eigenvalue weighted by atomic mass is 16.5. The first-order valence-electron chi connectivity index (χ1n) is 7.94. The number of carbonyl (C=O) groups excluding carboxylic acids is 3. The fourth-order valence-electron chi connectivity index (χ4n) is 2.83. The van der Waals surface area contributed by atoms with Crippen LogP contribution in [0.25, 0.3) is 0 Å². The number of esters is 1. The number of aryl methyl sites for hydroxylation is 1. The minimum atomic E-state index is -0.485. The van der Waals surface area contributed by atoms with Crippen molar-refractivity contribution in [2.24, 2.45) is 0 Å². The summed E-state index contributed by atoms with van der Waals surface area (Å²) in [5.74, 6) is -0.547. The minimum absolute atomic E-state index is 0.0830. The minimum Gasteiger partial charge on any atom is -0.426 e. The van der Waals surface area contributed by atoms with E-state index in [1.54, 1.807) is 42.3 Å². The summed E-state index contributed by atoms with van der Waals surface area (Å²) in [4.78, 5) is 37.1. The van der Waals surface area contributed by atoms with Gasteiger partial charge >= 0.3 is 5.97 Å². The largest absolute Gasteiger partial charge is 0.426 e. The van der Waals surface area contributed by atoms with Crippen LogP contribution in [0.15, 0.2) is 42.5 Å². The van der Waals surface area contributed by atoms with Crippen molar-refractivity contribution in [3.8, 4) is 5.75 Å². The Labute approximate surface area is 145 Å². The van der Waals surface area contributed by atoms with Crippen LogP contribution < -0.4 is 15.0 Å². The van der Waals surface area contributed by atoms with E-state index in [0.717, 1.165) is 11.3 Å². The number of nitrogens with one attached hydrogen (secondary N) is 1. The van der Waals surface area contributed by atoms with Gasteiger partial charge in [-0.2, -0.15) is 0 Å². The second-order valence-corrected chi connectivity index (χ2v) is 5.84. The number of amides is 2. The summed E-state index contributed by atoms with van der Waals surface area (Å²) in [5.41, 5.74) is 2.77. The number of fused-ring (bicyclic) bond motifs is 1. The van der Waals surface area contributed by atoms with Crippen LogP contribution in [0.2, 0.25) is 0 Å². The van der Waals surface area contributed by atoms with Crippen molar-refractivity contribution in [3.63, 3.8) is 0 Å². The summed E-state index contributed by atoms with van der Waals surface area (Å²) >= 11 is 0. The SMILES string of the molecule is CC(=O)Oc1ccccc1C(=O)Nc1ccc2c(c1)CCC(=O)N2C. The van der Waals surface area contributed by atoms with Crippen LogP contribution in [0, 0.1) is 0 Å². The predicted molar refractivity (Wildman–Crippen MR) is 93.9 cm³/mol. The summed E-state index contributed by atoms with van der Waals surface area (Å²) < 4.78 is 5.08. The Morgan fingerprint density at radius 1 is 1.12 bits per heavy atom. The van der Waals surface area contributed by atoms with Gasteiger partial charge in [0.1, 0.15) is 5.75 Å². The number of rotatable bonds is 3. The zero-order chi connectivity index (χ0) is 18.0. The molecule has 0 unspecified atom stereocenters. The van der Waals surface area contributed by atoms with Crippen LogP contribution in [-0.2, 0) is 16.0 Å². The molecule has 0 fully saturated rings. The average molecular weight is 338 g/mol. The molecular weight excluding hydrogens is 320 g/mol. The quantitative estimate of drug-likeness (QED) is 0.690. The number of hydrogen-bond donors (Lipinski definition) is 1. The van der Waals surface area contributed by atoms with Crippen molar-refractivity contribution in [1.82, 2.24) is 0 Å². The van der Waals surface area contributed by atoms with Gasteiger partial charge < -0.3 is 15.0 Å². The van der Waals surface area contributed by atoms with E-state index >= 15 is 0 Å². The Hall–Kier alpha value is -3.15. The summed E-state index contributed by atoms with van der Waals surface area (Å²) in [6.07, 6.45) is 1.10. The van der Waals surface area contributed by atoms with Crippen molar-refractivity contribution in [2.45, 2.75) is 19.8 Å². The third-order valence-electron chi connectivity index (χ3n) is 4.07. The number of ether oxygens (including phenoxy) is 1. The molecule has 1 N–H and O–H groups in total. The van der Waals surface area contributed by atoms with Crippen molar-refractivity contribution >= 4 is 29.2 Å². The monoisotopic (exact) mass is 338 g/mol. The molecule has 3 rings (SSSR count). The molecule has 6 nitrogen and oxygen atoms in total. The van der Waals surface area contributed by atoms with Crippen LogP contribution in [0.5, 0.6) is 5.75 Å². The third kappa shape index (κ3) is 3.52. The molecule has 128 valence electrons. The van der Waals surface area contributed by atoms with Gasteiger partial charge in [-0.05, 0) is 42.3 Å². The van der Waals surface area contributed by atoms with E-state index < -0.39 is 5.97 Å². The zero-order valence-corrected chi connectivity index (χ0v) is 14.0. The first-order chi connectivity index (χ1) is 12.0. The molecule has 0 saturated heterocycles. The normalized spacial score (nSPS) is 13.2. The number of anilines is 2. The fourth-order valence-corrected chi connectivity index (χ4v) is 2.83. The lowest BCUT2D eigenvalue weighted by Crippen LogP contribution is -2.31. The number of para-hydroxylation sites is 1. The highest BCUT2D eigenvalue weighted by Crippen LogP contribution is 2.29. The first kappa shape index (κ1) is 16.7. The van der Waals surface area contributed by atoms with Crippen molar-refractivity contribution < 1.29 is 19.1 Å².